The molecule has 0 aliphatic carbocycles. The van der Waals surface area contributed by atoms with E-state index >= 15 is 0 Å². The van der Waals surface area contributed by atoms with Gasteiger partial charge in [0.25, 0.3) is 0 Å². The van der Waals surface area contributed by atoms with E-state index in [1.54, 1.807) is 0 Å². The van der Waals surface area contributed by atoms with Crippen LogP contribution in [0.15, 0.2) is 0 Å². The standard InChI is InChI=1S/C6H9F6N/c1-4(2-5(7,8)9)3-13-6(10,11)12/h4,13H,2-3H2,1H3/t4-/m1/s1. The fourth-order valence-electron chi connectivity index (χ4n) is 0.757. The number of nitrogens with one attached hydrogen (secondary N) is 1. The van der Waals surface area contributed by atoms with Gasteiger partial charge in [-0.3, -0.25) is 0 Å². The summed E-state index contributed by atoms with van der Waals surface area (Å²) in [6, 6.07) is 0. The minimum Gasteiger partial charge on any atom is -0.228 e. The third-order valence-electron chi connectivity index (χ3n) is 1.23. The van der Waals surface area contributed by atoms with Crippen LogP contribution in [-0.4, -0.2) is 19.0 Å². The molecule has 0 aromatic rings. The first-order valence-corrected chi connectivity index (χ1v) is 3.48. The van der Waals surface area contributed by atoms with Crippen molar-refractivity contribution in [2.45, 2.75) is 25.8 Å². The van der Waals surface area contributed by atoms with Gasteiger partial charge in [-0.05, 0) is 5.92 Å². The second kappa shape index (κ2) is 4.17. The average molecular weight is 209 g/mol. The molecule has 0 saturated heterocycles. The zero-order valence-electron chi connectivity index (χ0n) is 6.76. The smallest absolute Gasteiger partial charge is 0.228 e. The van der Waals surface area contributed by atoms with Crippen LogP contribution in [0.5, 0.6) is 0 Å². The van der Waals surface area contributed by atoms with Crippen LogP contribution < -0.4 is 5.32 Å². The van der Waals surface area contributed by atoms with E-state index in [1.165, 1.54) is 0 Å². The van der Waals surface area contributed by atoms with Crippen LogP contribution in [0, 0.1) is 5.92 Å². The van der Waals surface area contributed by atoms with E-state index in [-0.39, 0.29) is 0 Å². The van der Waals surface area contributed by atoms with Gasteiger partial charge in [0.2, 0.25) is 0 Å². The molecule has 1 N–H and O–H groups in total. The second-order valence-electron chi connectivity index (χ2n) is 2.80. The van der Waals surface area contributed by atoms with Crippen LogP contribution in [0.2, 0.25) is 0 Å². The van der Waals surface area contributed by atoms with Crippen LogP contribution in [-0.2, 0) is 0 Å². The summed E-state index contributed by atoms with van der Waals surface area (Å²) in [5, 5.41) is 1.04. The van der Waals surface area contributed by atoms with Gasteiger partial charge in [-0.15, -0.1) is 0 Å². The van der Waals surface area contributed by atoms with Gasteiger partial charge < -0.3 is 0 Å². The van der Waals surface area contributed by atoms with Gasteiger partial charge in [-0.2, -0.15) is 26.3 Å². The third kappa shape index (κ3) is 9.45. The maximum atomic E-state index is 11.6. The summed E-state index contributed by atoms with van der Waals surface area (Å²) in [6.07, 6.45) is -10.2. The third-order valence-corrected chi connectivity index (χ3v) is 1.23. The molecule has 0 heterocycles. The van der Waals surface area contributed by atoms with E-state index in [4.69, 9.17) is 0 Å². The minimum atomic E-state index is -4.61. The molecule has 7 heteroatoms. The summed E-state index contributed by atoms with van der Waals surface area (Å²) >= 11 is 0. The van der Waals surface area contributed by atoms with E-state index in [0.717, 1.165) is 12.2 Å². The van der Waals surface area contributed by atoms with Crippen molar-refractivity contribution in [3.8, 4) is 0 Å². The molecule has 1 nitrogen and oxygen atoms in total. The van der Waals surface area contributed by atoms with Gasteiger partial charge in [0.05, 0.1) is 0 Å². The molecule has 0 fully saturated rings. The lowest BCUT2D eigenvalue weighted by molar-refractivity contribution is -0.167. The molecule has 13 heavy (non-hydrogen) atoms. The number of halogens is 6. The van der Waals surface area contributed by atoms with Crippen LogP contribution >= 0.6 is 0 Å². The van der Waals surface area contributed by atoms with Gasteiger partial charge in [0.1, 0.15) is 0 Å². The summed E-state index contributed by atoms with van der Waals surface area (Å²) in [6.45, 7) is 0.384. The normalized spacial score (nSPS) is 15.9. The molecule has 0 amide bonds. The van der Waals surface area contributed by atoms with Crippen LogP contribution in [0.4, 0.5) is 26.3 Å². The molecule has 0 saturated carbocycles. The molecule has 0 aromatic carbocycles. The number of alkyl halides is 6. The average Bonchev–Trinajstić information content (AvgIpc) is 1.78. The van der Waals surface area contributed by atoms with E-state index in [2.05, 4.69) is 0 Å². The Morgan fingerprint density at radius 1 is 1.08 bits per heavy atom. The molecular formula is C6H9F6N. The van der Waals surface area contributed by atoms with Crippen LogP contribution in [0.3, 0.4) is 0 Å². The number of rotatable bonds is 3. The Kier molecular flexibility index (Phi) is 4.02. The maximum absolute atomic E-state index is 11.6. The number of hydrogen-bond donors (Lipinski definition) is 1. The Bertz CT molecular complexity index is 148. The van der Waals surface area contributed by atoms with Gasteiger partial charge in [-0.1, -0.05) is 6.92 Å². The Hall–Kier alpha value is -0.460. The molecular weight excluding hydrogens is 200 g/mol. The SMILES string of the molecule is C[C@@H](CNC(F)(F)F)CC(F)(F)F. The summed E-state index contributed by atoms with van der Waals surface area (Å²) in [5.41, 5.74) is 0. The minimum absolute atomic E-state index is 0.719. The summed E-state index contributed by atoms with van der Waals surface area (Å²) in [7, 11) is 0. The predicted molar refractivity (Wildman–Crippen MR) is 33.9 cm³/mol. The molecule has 0 spiro atoms. The van der Waals surface area contributed by atoms with Crippen molar-refractivity contribution in [3.63, 3.8) is 0 Å². The first-order valence-electron chi connectivity index (χ1n) is 3.48. The molecule has 0 aliphatic rings. The van der Waals surface area contributed by atoms with E-state index in [0.29, 0.717) is 0 Å². The quantitative estimate of drug-likeness (QED) is 0.556. The van der Waals surface area contributed by atoms with Crippen molar-refractivity contribution in [3.05, 3.63) is 0 Å². The topological polar surface area (TPSA) is 12.0 Å². The Balaban J connectivity index is 3.70. The van der Waals surface area contributed by atoms with E-state index in [1.807, 2.05) is 0 Å². The van der Waals surface area contributed by atoms with Crippen LogP contribution in [0.1, 0.15) is 13.3 Å². The van der Waals surface area contributed by atoms with Gasteiger partial charge in [-0.25, -0.2) is 5.32 Å². The predicted octanol–water partition coefficient (Wildman–Crippen LogP) is 2.68. The zero-order chi connectivity index (χ0) is 10.7. The highest BCUT2D eigenvalue weighted by molar-refractivity contribution is 4.62. The van der Waals surface area contributed by atoms with Crippen molar-refractivity contribution < 1.29 is 26.3 Å². The number of hydrogen-bond acceptors (Lipinski definition) is 1. The molecule has 0 rings (SSSR count). The summed E-state index contributed by atoms with van der Waals surface area (Å²) in [5.74, 6) is -1.08. The van der Waals surface area contributed by atoms with Crippen molar-refractivity contribution in [1.82, 2.24) is 5.32 Å². The monoisotopic (exact) mass is 209 g/mol. The first-order chi connectivity index (χ1) is 5.60. The summed E-state index contributed by atoms with van der Waals surface area (Å²) < 4.78 is 69.2. The lowest BCUT2D eigenvalue weighted by atomic mass is 10.1. The van der Waals surface area contributed by atoms with Gasteiger partial charge in [0.15, 0.2) is 0 Å². The van der Waals surface area contributed by atoms with Crippen molar-refractivity contribution >= 4 is 0 Å². The van der Waals surface area contributed by atoms with E-state index < -0.39 is 31.4 Å². The molecule has 0 radical (unpaired) electrons. The van der Waals surface area contributed by atoms with Crippen molar-refractivity contribution in [2.75, 3.05) is 6.54 Å². The maximum Gasteiger partial charge on any atom is 0.457 e. The van der Waals surface area contributed by atoms with E-state index in [9.17, 15) is 26.3 Å². The zero-order valence-corrected chi connectivity index (χ0v) is 6.76. The molecule has 80 valence electrons. The summed E-state index contributed by atoms with van der Waals surface area (Å²) in [4.78, 5) is 0. The first kappa shape index (κ1) is 12.5. The molecule has 0 aromatic heterocycles. The second-order valence-corrected chi connectivity index (χ2v) is 2.80. The Morgan fingerprint density at radius 2 is 1.54 bits per heavy atom. The molecule has 0 unspecified atom stereocenters. The van der Waals surface area contributed by atoms with Crippen molar-refractivity contribution in [1.29, 1.82) is 0 Å². The van der Waals surface area contributed by atoms with Gasteiger partial charge >= 0.3 is 12.5 Å². The van der Waals surface area contributed by atoms with Crippen molar-refractivity contribution in [2.24, 2.45) is 5.92 Å². The highest BCUT2D eigenvalue weighted by Gasteiger charge is 2.32. The molecule has 0 bridgehead atoms. The van der Waals surface area contributed by atoms with Gasteiger partial charge in [0, 0.05) is 13.0 Å². The lowest BCUT2D eigenvalue weighted by Crippen LogP contribution is -2.36. The fraction of sp³-hybridized carbons (Fsp3) is 1.00. The Morgan fingerprint density at radius 3 is 1.85 bits per heavy atom. The lowest BCUT2D eigenvalue weighted by Gasteiger charge is -2.15. The Labute approximate surface area is 71.1 Å². The highest BCUT2D eigenvalue weighted by Crippen LogP contribution is 2.24. The highest BCUT2D eigenvalue weighted by atomic mass is 19.4. The fourth-order valence-corrected chi connectivity index (χ4v) is 0.757. The largest absolute Gasteiger partial charge is 0.457 e. The van der Waals surface area contributed by atoms with Crippen LogP contribution in [0.25, 0.3) is 0 Å². The molecule has 1 atom stereocenters. The molecule has 0 aliphatic heterocycles.